The third-order valence-corrected chi connectivity index (χ3v) is 6.41. The summed E-state index contributed by atoms with van der Waals surface area (Å²) in [4.78, 5) is 17.1. The lowest BCUT2D eigenvalue weighted by atomic mass is 9.99. The minimum absolute atomic E-state index is 0.0846. The van der Waals surface area contributed by atoms with Gasteiger partial charge in [-0.25, -0.2) is 0 Å². The van der Waals surface area contributed by atoms with Crippen LogP contribution < -0.4 is 15.0 Å². The van der Waals surface area contributed by atoms with Crippen molar-refractivity contribution in [2.24, 2.45) is 5.92 Å². The van der Waals surface area contributed by atoms with Gasteiger partial charge in [0.15, 0.2) is 11.2 Å². The maximum absolute atomic E-state index is 13.1. The van der Waals surface area contributed by atoms with Crippen LogP contribution in [0.1, 0.15) is 58.8 Å². The fraction of sp³-hybridized carbons (Fsp3) is 0.652. The first-order valence-corrected chi connectivity index (χ1v) is 11.6. The first-order valence-electron chi connectivity index (χ1n) is 11.2. The molecular formula is C23H35N3O2S. The van der Waals surface area contributed by atoms with Gasteiger partial charge in [-0.3, -0.25) is 4.79 Å². The molecule has 1 aromatic carbocycles. The van der Waals surface area contributed by atoms with Crippen molar-refractivity contribution in [3.8, 4) is 5.75 Å². The highest BCUT2D eigenvalue weighted by atomic mass is 32.1. The number of hydrogen-bond donors (Lipinski definition) is 1. The SMILES string of the molecule is CCCC[C@@H](CC)CNC(=S)N1C[C@@H](C(=O)N2CCCCC2)Oc2ccccc21. The maximum atomic E-state index is 13.1. The highest BCUT2D eigenvalue weighted by Gasteiger charge is 2.35. The highest BCUT2D eigenvalue weighted by Crippen LogP contribution is 2.34. The lowest BCUT2D eigenvalue weighted by Gasteiger charge is -2.38. The zero-order valence-corrected chi connectivity index (χ0v) is 18.7. The van der Waals surface area contributed by atoms with Gasteiger partial charge in [0, 0.05) is 19.6 Å². The Kier molecular flexibility index (Phi) is 8.16. The van der Waals surface area contributed by atoms with Crippen LogP contribution in [0.4, 0.5) is 5.69 Å². The lowest BCUT2D eigenvalue weighted by Crippen LogP contribution is -2.54. The standard InChI is InChI=1S/C23H35N3O2S/c1-3-5-11-18(4-2)16-24-23(29)26-17-21(22(27)25-14-9-6-10-15-25)28-20-13-8-7-12-19(20)26/h7-8,12-13,18,21H,3-6,9-11,14-17H2,1-2H3,(H,24,29)/t18-,21+/m1/s1. The molecule has 0 aromatic heterocycles. The molecule has 3 rings (SSSR count). The van der Waals surface area contributed by atoms with Gasteiger partial charge in [-0.1, -0.05) is 45.2 Å². The number of likely N-dealkylation sites (tertiary alicyclic amines) is 1. The van der Waals surface area contributed by atoms with Crippen LogP contribution in [-0.4, -0.2) is 48.2 Å². The third kappa shape index (κ3) is 5.62. The van der Waals surface area contributed by atoms with Gasteiger partial charge >= 0.3 is 0 Å². The molecule has 1 N–H and O–H groups in total. The van der Waals surface area contributed by atoms with E-state index in [9.17, 15) is 4.79 Å². The molecule has 2 atom stereocenters. The summed E-state index contributed by atoms with van der Waals surface area (Å²) in [5.74, 6) is 1.44. The second-order valence-corrected chi connectivity index (χ2v) is 8.56. The number of para-hydroxylation sites is 2. The Morgan fingerprint density at radius 3 is 2.72 bits per heavy atom. The highest BCUT2D eigenvalue weighted by molar-refractivity contribution is 7.80. The van der Waals surface area contributed by atoms with E-state index in [1.165, 1.54) is 25.7 Å². The van der Waals surface area contributed by atoms with Crippen LogP contribution in [0.15, 0.2) is 24.3 Å². The van der Waals surface area contributed by atoms with E-state index in [0.29, 0.717) is 17.6 Å². The van der Waals surface area contributed by atoms with Crippen LogP contribution in [0.25, 0.3) is 0 Å². The van der Waals surface area contributed by atoms with Crippen molar-refractivity contribution in [3.05, 3.63) is 24.3 Å². The first kappa shape index (κ1) is 21.9. The van der Waals surface area contributed by atoms with Crippen molar-refractivity contribution in [1.82, 2.24) is 10.2 Å². The summed E-state index contributed by atoms with van der Waals surface area (Å²) < 4.78 is 6.11. The molecule has 1 amide bonds. The number of fused-ring (bicyclic) bond motifs is 1. The van der Waals surface area contributed by atoms with Crippen LogP contribution in [0, 0.1) is 5.92 Å². The Bertz CT molecular complexity index is 690. The van der Waals surface area contributed by atoms with Crippen LogP contribution in [0.3, 0.4) is 0 Å². The van der Waals surface area contributed by atoms with Crippen molar-refractivity contribution in [3.63, 3.8) is 0 Å². The van der Waals surface area contributed by atoms with Gasteiger partial charge in [-0.2, -0.15) is 0 Å². The summed E-state index contributed by atoms with van der Waals surface area (Å²) in [6, 6.07) is 7.87. The van der Waals surface area contributed by atoms with E-state index < -0.39 is 6.10 Å². The summed E-state index contributed by atoms with van der Waals surface area (Å²) in [5, 5.41) is 4.16. The zero-order chi connectivity index (χ0) is 20.6. The molecule has 160 valence electrons. The predicted octanol–water partition coefficient (Wildman–Crippen LogP) is 4.36. The summed E-state index contributed by atoms with van der Waals surface area (Å²) in [6.07, 6.45) is 7.69. The molecule has 0 saturated carbocycles. The van der Waals surface area contributed by atoms with E-state index in [4.69, 9.17) is 17.0 Å². The molecule has 1 saturated heterocycles. The number of unbranched alkanes of at least 4 members (excludes halogenated alkanes) is 1. The topological polar surface area (TPSA) is 44.8 Å². The Balaban J connectivity index is 1.69. The van der Waals surface area contributed by atoms with Gasteiger partial charge in [-0.05, 0) is 56.0 Å². The quantitative estimate of drug-likeness (QED) is 0.668. The third-order valence-electron chi connectivity index (χ3n) is 6.05. The zero-order valence-electron chi connectivity index (χ0n) is 17.9. The fourth-order valence-electron chi connectivity index (χ4n) is 4.14. The summed E-state index contributed by atoms with van der Waals surface area (Å²) in [5.41, 5.74) is 0.939. The number of carbonyl (C=O) groups excluding carboxylic acids is 1. The number of anilines is 1. The maximum Gasteiger partial charge on any atom is 0.265 e. The Morgan fingerprint density at radius 1 is 1.24 bits per heavy atom. The smallest absolute Gasteiger partial charge is 0.265 e. The number of ether oxygens (including phenoxy) is 1. The molecule has 0 unspecified atom stereocenters. The van der Waals surface area contributed by atoms with Gasteiger partial charge in [0.05, 0.1) is 12.2 Å². The molecule has 6 heteroatoms. The average molecular weight is 418 g/mol. The molecule has 5 nitrogen and oxygen atoms in total. The molecule has 2 heterocycles. The molecular weight excluding hydrogens is 382 g/mol. The molecule has 2 aliphatic heterocycles. The average Bonchev–Trinajstić information content (AvgIpc) is 2.78. The number of thiocarbonyl (C=S) groups is 1. The van der Waals surface area contributed by atoms with Crippen LogP contribution in [0.2, 0.25) is 0 Å². The molecule has 0 radical (unpaired) electrons. The Hall–Kier alpha value is -1.82. The van der Waals surface area contributed by atoms with E-state index in [-0.39, 0.29) is 5.91 Å². The van der Waals surface area contributed by atoms with Crippen molar-refractivity contribution in [2.75, 3.05) is 31.1 Å². The van der Waals surface area contributed by atoms with Gasteiger partial charge < -0.3 is 19.9 Å². The Labute approximate surface area is 180 Å². The minimum atomic E-state index is -0.509. The molecule has 1 aromatic rings. The number of benzene rings is 1. The van der Waals surface area contributed by atoms with Crippen molar-refractivity contribution in [2.45, 2.75) is 64.9 Å². The summed E-state index contributed by atoms with van der Waals surface area (Å²) in [6.45, 7) is 7.47. The van der Waals surface area contributed by atoms with Crippen molar-refractivity contribution < 1.29 is 9.53 Å². The summed E-state index contributed by atoms with van der Waals surface area (Å²) in [7, 11) is 0. The number of amides is 1. The van der Waals surface area contributed by atoms with E-state index >= 15 is 0 Å². The van der Waals surface area contributed by atoms with Crippen LogP contribution >= 0.6 is 12.2 Å². The number of nitrogens with one attached hydrogen (secondary N) is 1. The van der Waals surface area contributed by atoms with Gasteiger partial charge in [-0.15, -0.1) is 0 Å². The second-order valence-electron chi connectivity index (χ2n) is 8.17. The van der Waals surface area contributed by atoms with Crippen LogP contribution in [-0.2, 0) is 4.79 Å². The van der Waals surface area contributed by atoms with Crippen molar-refractivity contribution >= 4 is 28.9 Å². The first-order chi connectivity index (χ1) is 14.1. The molecule has 1 fully saturated rings. The van der Waals surface area contributed by atoms with E-state index in [1.807, 2.05) is 34.1 Å². The monoisotopic (exact) mass is 417 g/mol. The van der Waals surface area contributed by atoms with E-state index in [0.717, 1.165) is 50.3 Å². The minimum Gasteiger partial charge on any atom is -0.476 e. The molecule has 0 spiro atoms. The number of piperidine rings is 1. The predicted molar refractivity (Wildman–Crippen MR) is 123 cm³/mol. The molecule has 0 aliphatic carbocycles. The van der Waals surface area contributed by atoms with Crippen molar-refractivity contribution in [1.29, 1.82) is 0 Å². The molecule has 29 heavy (non-hydrogen) atoms. The number of carbonyl (C=O) groups is 1. The largest absolute Gasteiger partial charge is 0.476 e. The Morgan fingerprint density at radius 2 is 2.00 bits per heavy atom. The number of rotatable bonds is 7. The second kappa shape index (κ2) is 10.8. The fourth-order valence-corrected chi connectivity index (χ4v) is 4.40. The molecule has 0 bridgehead atoms. The number of hydrogen-bond acceptors (Lipinski definition) is 3. The molecule has 2 aliphatic rings. The normalized spacial score (nSPS) is 19.9. The number of nitrogens with zero attached hydrogens (tertiary/aromatic N) is 2. The van der Waals surface area contributed by atoms with Crippen LogP contribution in [0.5, 0.6) is 5.75 Å². The van der Waals surface area contributed by atoms with Gasteiger partial charge in [0.1, 0.15) is 5.75 Å². The van der Waals surface area contributed by atoms with E-state index in [2.05, 4.69) is 19.2 Å². The summed E-state index contributed by atoms with van der Waals surface area (Å²) >= 11 is 5.76. The van der Waals surface area contributed by atoms with Gasteiger partial charge in [0.2, 0.25) is 0 Å². The lowest BCUT2D eigenvalue weighted by molar-refractivity contribution is -0.139. The van der Waals surface area contributed by atoms with Gasteiger partial charge in [0.25, 0.3) is 5.91 Å². The van der Waals surface area contributed by atoms with E-state index in [1.54, 1.807) is 0 Å².